The van der Waals surface area contributed by atoms with Gasteiger partial charge in [-0.2, -0.15) is 0 Å². The Morgan fingerprint density at radius 3 is 2.89 bits per heavy atom. The van der Waals surface area contributed by atoms with Gasteiger partial charge in [0.15, 0.2) is 0 Å². The van der Waals surface area contributed by atoms with Crippen LogP contribution in [0.4, 0.5) is 5.69 Å². The van der Waals surface area contributed by atoms with Crippen molar-refractivity contribution in [3.63, 3.8) is 0 Å². The minimum Gasteiger partial charge on any atom is -0.326 e. The molecule has 2 aromatic heterocycles. The van der Waals surface area contributed by atoms with Crippen LogP contribution in [-0.2, 0) is 17.6 Å². The van der Waals surface area contributed by atoms with Crippen LogP contribution in [0.25, 0.3) is 16.9 Å². The van der Waals surface area contributed by atoms with Crippen LogP contribution in [0.15, 0.2) is 65.7 Å². The fraction of sp³-hybridized carbons (Fsp3) is 0.136. The molecule has 0 bridgehead atoms. The maximum atomic E-state index is 12.3. The van der Waals surface area contributed by atoms with Crippen molar-refractivity contribution in [2.45, 2.75) is 19.3 Å². The highest BCUT2D eigenvalue weighted by Crippen LogP contribution is 2.35. The topological polar surface area (TPSA) is 79.3 Å². The summed E-state index contributed by atoms with van der Waals surface area (Å²) in [5, 5.41) is 2.98. The van der Waals surface area contributed by atoms with Crippen molar-refractivity contribution in [3.8, 4) is 11.3 Å². The lowest BCUT2D eigenvalue weighted by atomic mass is 10.1. The van der Waals surface area contributed by atoms with Gasteiger partial charge in [0.25, 0.3) is 5.56 Å². The van der Waals surface area contributed by atoms with E-state index in [-0.39, 0.29) is 11.5 Å². The van der Waals surface area contributed by atoms with Crippen molar-refractivity contribution in [1.29, 1.82) is 0 Å². The molecule has 1 amide bonds. The minimum absolute atomic E-state index is 0.00952. The summed E-state index contributed by atoms with van der Waals surface area (Å²) in [5.41, 5.74) is 6.03. The molecule has 6 heteroatoms. The molecule has 2 heterocycles. The summed E-state index contributed by atoms with van der Waals surface area (Å²) in [6, 6.07) is 15.8. The standard InChI is InChI=1S/C22H18N4O2/c27-19(9-6-14-4-2-1-3-5-14)24-16-7-8-17-15(12-16)13-18-20(17)25-22(28)21-23-10-11-26(18)21/h1-5,7-8,10-12H,6,9,13H2,(H,24,27)(H,25,28). The number of imidazole rings is 1. The van der Waals surface area contributed by atoms with E-state index in [1.807, 2.05) is 59.1 Å². The normalized spacial score (nSPS) is 12.0. The van der Waals surface area contributed by atoms with Gasteiger partial charge in [-0.25, -0.2) is 4.98 Å². The third-order valence-electron chi connectivity index (χ3n) is 5.16. The van der Waals surface area contributed by atoms with Crippen LogP contribution in [0.2, 0.25) is 0 Å². The van der Waals surface area contributed by atoms with Crippen molar-refractivity contribution in [2.75, 3.05) is 5.32 Å². The fourth-order valence-corrected chi connectivity index (χ4v) is 3.82. The van der Waals surface area contributed by atoms with Crippen molar-refractivity contribution < 1.29 is 4.79 Å². The maximum Gasteiger partial charge on any atom is 0.292 e. The Kier molecular flexibility index (Phi) is 3.83. The highest BCUT2D eigenvalue weighted by molar-refractivity contribution is 5.91. The highest BCUT2D eigenvalue weighted by Gasteiger charge is 2.23. The lowest BCUT2D eigenvalue weighted by Crippen LogP contribution is -2.13. The molecule has 0 unspecified atom stereocenters. The van der Waals surface area contributed by atoms with Crippen LogP contribution in [0.1, 0.15) is 23.2 Å². The van der Waals surface area contributed by atoms with E-state index >= 15 is 0 Å². The Labute approximate surface area is 160 Å². The molecule has 138 valence electrons. The number of carbonyl (C=O) groups excluding carboxylic acids is 1. The van der Waals surface area contributed by atoms with E-state index in [1.165, 1.54) is 0 Å². The number of aryl methyl sites for hydroxylation is 1. The van der Waals surface area contributed by atoms with E-state index in [9.17, 15) is 9.59 Å². The van der Waals surface area contributed by atoms with Gasteiger partial charge in [0, 0.05) is 36.5 Å². The minimum atomic E-state index is -0.199. The molecule has 6 nitrogen and oxygen atoms in total. The zero-order valence-corrected chi connectivity index (χ0v) is 15.1. The summed E-state index contributed by atoms with van der Waals surface area (Å²) in [6.45, 7) is 0. The van der Waals surface area contributed by atoms with Crippen molar-refractivity contribution in [3.05, 3.63) is 88.1 Å². The van der Waals surface area contributed by atoms with Crippen molar-refractivity contribution >= 4 is 17.2 Å². The average Bonchev–Trinajstić information content (AvgIpc) is 3.32. The van der Waals surface area contributed by atoms with Crippen LogP contribution in [0.3, 0.4) is 0 Å². The number of aromatic nitrogens is 3. The van der Waals surface area contributed by atoms with E-state index < -0.39 is 0 Å². The molecule has 4 aromatic rings. The first-order chi connectivity index (χ1) is 13.7. The number of benzene rings is 2. The largest absolute Gasteiger partial charge is 0.326 e. The van der Waals surface area contributed by atoms with Gasteiger partial charge in [0.2, 0.25) is 11.6 Å². The Hall–Kier alpha value is -3.67. The van der Waals surface area contributed by atoms with E-state index in [4.69, 9.17) is 0 Å². The van der Waals surface area contributed by atoms with Crippen molar-refractivity contribution in [1.82, 2.24) is 14.4 Å². The SMILES string of the molecule is O=C(CCc1ccccc1)Nc1ccc2c(c1)Cc1c-2[nH]c(=O)c2nccn12. The number of nitrogens with one attached hydrogen (secondary N) is 2. The number of nitrogens with zero attached hydrogens (tertiary/aromatic N) is 2. The van der Waals surface area contributed by atoms with Gasteiger partial charge in [0.1, 0.15) is 0 Å². The molecule has 0 spiro atoms. The van der Waals surface area contributed by atoms with Crippen LogP contribution in [-0.4, -0.2) is 20.3 Å². The van der Waals surface area contributed by atoms with Gasteiger partial charge in [-0.1, -0.05) is 36.4 Å². The zero-order valence-electron chi connectivity index (χ0n) is 15.1. The first-order valence-corrected chi connectivity index (χ1v) is 9.24. The molecule has 0 atom stereocenters. The number of hydrogen-bond donors (Lipinski definition) is 2. The summed E-state index contributed by atoms with van der Waals surface area (Å²) in [7, 11) is 0. The third-order valence-corrected chi connectivity index (χ3v) is 5.16. The monoisotopic (exact) mass is 370 g/mol. The first-order valence-electron chi connectivity index (χ1n) is 9.24. The van der Waals surface area contributed by atoms with Gasteiger partial charge >= 0.3 is 0 Å². The molecule has 2 aromatic carbocycles. The number of H-pyrrole nitrogens is 1. The molecule has 0 radical (unpaired) electrons. The van der Waals surface area contributed by atoms with Gasteiger partial charge < -0.3 is 10.3 Å². The predicted octanol–water partition coefficient (Wildman–Crippen LogP) is 3.17. The Morgan fingerprint density at radius 2 is 2.04 bits per heavy atom. The molecule has 1 aliphatic carbocycles. The van der Waals surface area contributed by atoms with Crippen LogP contribution in [0, 0.1) is 0 Å². The van der Waals surface area contributed by atoms with E-state index in [2.05, 4.69) is 15.3 Å². The zero-order chi connectivity index (χ0) is 19.1. The Morgan fingerprint density at radius 1 is 1.18 bits per heavy atom. The molecule has 0 aliphatic heterocycles. The van der Waals surface area contributed by atoms with Crippen LogP contribution in [0.5, 0.6) is 0 Å². The van der Waals surface area contributed by atoms with Gasteiger partial charge in [-0.3, -0.25) is 14.0 Å². The molecule has 5 rings (SSSR count). The number of amides is 1. The second-order valence-electron chi connectivity index (χ2n) is 6.98. The quantitative estimate of drug-likeness (QED) is 0.510. The summed E-state index contributed by atoms with van der Waals surface area (Å²) >= 11 is 0. The lowest BCUT2D eigenvalue weighted by molar-refractivity contribution is -0.116. The number of rotatable bonds is 4. The Bertz CT molecular complexity index is 1250. The molecule has 1 aliphatic rings. The van der Waals surface area contributed by atoms with Gasteiger partial charge in [-0.15, -0.1) is 0 Å². The molecule has 0 fully saturated rings. The number of aromatic amines is 1. The Balaban J connectivity index is 1.36. The number of hydrogen-bond acceptors (Lipinski definition) is 3. The summed E-state index contributed by atoms with van der Waals surface area (Å²) < 4.78 is 1.84. The van der Waals surface area contributed by atoms with Crippen molar-refractivity contribution in [2.24, 2.45) is 0 Å². The van der Waals surface area contributed by atoms with E-state index in [0.717, 1.165) is 33.8 Å². The molecular formula is C22H18N4O2. The number of anilines is 1. The van der Waals surface area contributed by atoms with Crippen LogP contribution < -0.4 is 10.9 Å². The summed E-state index contributed by atoms with van der Waals surface area (Å²) in [5.74, 6) is -0.00952. The highest BCUT2D eigenvalue weighted by atomic mass is 16.1. The van der Waals surface area contributed by atoms with Gasteiger partial charge in [0.05, 0.1) is 11.4 Å². The van der Waals surface area contributed by atoms with Crippen LogP contribution >= 0.6 is 0 Å². The maximum absolute atomic E-state index is 12.3. The fourth-order valence-electron chi connectivity index (χ4n) is 3.82. The second-order valence-corrected chi connectivity index (χ2v) is 6.98. The molecule has 28 heavy (non-hydrogen) atoms. The van der Waals surface area contributed by atoms with Gasteiger partial charge in [-0.05, 0) is 29.7 Å². The predicted molar refractivity (Wildman–Crippen MR) is 107 cm³/mol. The molecular weight excluding hydrogens is 352 g/mol. The molecule has 2 N–H and O–H groups in total. The third kappa shape index (κ3) is 2.79. The first kappa shape index (κ1) is 16.5. The van der Waals surface area contributed by atoms with E-state index in [0.29, 0.717) is 24.9 Å². The molecule has 0 saturated heterocycles. The smallest absolute Gasteiger partial charge is 0.292 e. The lowest BCUT2D eigenvalue weighted by Gasteiger charge is -2.08. The van der Waals surface area contributed by atoms with E-state index in [1.54, 1.807) is 6.20 Å². The number of fused-ring (bicyclic) bond motifs is 5. The summed E-state index contributed by atoms with van der Waals surface area (Å²) in [4.78, 5) is 31.6. The molecule has 0 saturated carbocycles. The second kappa shape index (κ2) is 6.49. The number of carbonyl (C=O) groups is 1. The summed E-state index contributed by atoms with van der Waals surface area (Å²) in [6.07, 6.45) is 5.27. The average molecular weight is 370 g/mol.